The molecule has 2 aromatic carbocycles. The van der Waals surface area contributed by atoms with Crippen LogP contribution in [0, 0.1) is 0 Å². The first-order valence-electron chi connectivity index (χ1n) is 9.30. The molecule has 1 N–H and O–H groups in total. The average Bonchev–Trinajstić information content (AvgIpc) is 3.31. The summed E-state index contributed by atoms with van der Waals surface area (Å²) in [6.45, 7) is 0.197. The highest BCUT2D eigenvalue weighted by Gasteiger charge is 2.14. The van der Waals surface area contributed by atoms with Gasteiger partial charge < -0.3 is 0 Å². The van der Waals surface area contributed by atoms with Gasteiger partial charge in [0, 0.05) is 12.6 Å². The predicted octanol–water partition coefficient (Wildman–Crippen LogP) is 3.62. The summed E-state index contributed by atoms with van der Waals surface area (Å²) in [6, 6.07) is 23.4. The van der Waals surface area contributed by atoms with Gasteiger partial charge in [0.15, 0.2) is 0 Å². The summed E-state index contributed by atoms with van der Waals surface area (Å²) in [5.74, 6) is 0. The quantitative estimate of drug-likeness (QED) is 0.479. The number of aromatic nitrogens is 2. The molecular formula is C22H19N3O3S2. The molecule has 0 saturated carbocycles. The van der Waals surface area contributed by atoms with Crippen molar-refractivity contribution in [2.75, 3.05) is 6.54 Å². The Bertz CT molecular complexity index is 1280. The van der Waals surface area contributed by atoms with E-state index in [1.807, 2.05) is 47.8 Å². The Balaban J connectivity index is 1.44. The van der Waals surface area contributed by atoms with Gasteiger partial charge >= 0.3 is 0 Å². The van der Waals surface area contributed by atoms with E-state index in [0.717, 1.165) is 16.0 Å². The van der Waals surface area contributed by atoms with Crippen molar-refractivity contribution in [1.82, 2.24) is 14.5 Å². The molecule has 0 aliphatic heterocycles. The van der Waals surface area contributed by atoms with Gasteiger partial charge in [0.2, 0.25) is 10.0 Å². The lowest BCUT2D eigenvalue weighted by molar-refractivity contribution is 0.549. The van der Waals surface area contributed by atoms with Crippen molar-refractivity contribution < 1.29 is 8.42 Å². The Morgan fingerprint density at radius 3 is 2.30 bits per heavy atom. The first kappa shape index (κ1) is 20.2. The molecule has 4 rings (SSSR count). The van der Waals surface area contributed by atoms with Crippen molar-refractivity contribution in [2.24, 2.45) is 0 Å². The fourth-order valence-electron chi connectivity index (χ4n) is 2.99. The van der Waals surface area contributed by atoms with E-state index < -0.39 is 10.0 Å². The van der Waals surface area contributed by atoms with Crippen molar-refractivity contribution >= 4 is 21.4 Å². The normalized spacial score (nSPS) is 11.5. The van der Waals surface area contributed by atoms with E-state index in [1.165, 1.54) is 22.1 Å². The Kier molecular flexibility index (Phi) is 5.89. The van der Waals surface area contributed by atoms with Crippen LogP contribution < -0.4 is 10.3 Å². The molecule has 0 radical (unpaired) electrons. The second-order valence-corrected chi connectivity index (χ2v) is 9.26. The first-order chi connectivity index (χ1) is 14.5. The van der Waals surface area contributed by atoms with Crippen molar-refractivity contribution in [2.45, 2.75) is 11.4 Å². The van der Waals surface area contributed by atoms with E-state index in [9.17, 15) is 13.2 Å². The fraction of sp³-hybridized carbons (Fsp3) is 0.0909. The van der Waals surface area contributed by atoms with Crippen LogP contribution in [0.25, 0.3) is 21.7 Å². The maximum atomic E-state index is 12.6. The lowest BCUT2D eigenvalue weighted by atomic mass is 10.1. The highest BCUT2D eigenvalue weighted by atomic mass is 32.2. The highest BCUT2D eigenvalue weighted by molar-refractivity contribution is 7.89. The Morgan fingerprint density at radius 1 is 0.867 bits per heavy atom. The molecule has 0 amide bonds. The molecule has 0 unspecified atom stereocenters. The summed E-state index contributed by atoms with van der Waals surface area (Å²) in [4.78, 5) is 13.2. The number of rotatable bonds is 7. The van der Waals surface area contributed by atoms with E-state index in [1.54, 1.807) is 30.3 Å². The molecule has 0 spiro atoms. The summed E-state index contributed by atoms with van der Waals surface area (Å²) >= 11 is 1.53. The summed E-state index contributed by atoms with van der Waals surface area (Å²) in [5, 5.41) is 6.27. The maximum absolute atomic E-state index is 12.6. The lowest BCUT2D eigenvalue weighted by Gasteiger charge is -2.09. The Hall–Kier alpha value is -3.07. The number of benzene rings is 2. The molecule has 0 saturated heterocycles. The number of nitrogens with zero attached hydrogens (tertiary/aromatic N) is 2. The Morgan fingerprint density at radius 2 is 1.60 bits per heavy atom. The number of sulfonamides is 1. The maximum Gasteiger partial charge on any atom is 0.266 e. The second-order valence-electron chi connectivity index (χ2n) is 6.55. The Labute approximate surface area is 178 Å². The van der Waals surface area contributed by atoms with Crippen molar-refractivity contribution in [3.05, 3.63) is 94.6 Å². The number of nitrogens with one attached hydrogen (secondary N) is 1. The van der Waals surface area contributed by atoms with Crippen LogP contribution in [0.3, 0.4) is 0 Å². The predicted molar refractivity (Wildman–Crippen MR) is 119 cm³/mol. The summed E-state index contributed by atoms with van der Waals surface area (Å²) in [7, 11) is -3.69. The average molecular weight is 438 g/mol. The zero-order valence-corrected chi connectivity index (χ0v) is 17.6. The van der Waals surface area contributed by atoms with Gasteiger partial charge in [-0.25, -0.2) is 17.8 Å². The number of hydrogen-bond donors (Lipinski definition) is 1. The highest BCUT2D eigenvalue weighted by Crippen LogP contribution is 2.22. The van der Waals surface area contributed by atoms with Crippen LogP contribution in [0.2, 0.25) is 0 Å². The largest absolute Gasteiger partial charge is 0.268 e. The minimum atomic E-state index is -3.69. The van der Waals surface area contributed by atoms with Crippen molar-refractivity contribution in [3.8, 4) is 21.7 Å². The standard InChI is InChI=1S/C22H19N3O3S2/c26-22-13-12-20(21-7-4-16-29-21)24-25(22)15-14-23-30(27,28)19-10-8-18(9-11-19)17-5-2-1-3-6-17/h1-13,16,23H,14-15H2. The third-order valence-corrected chi connectivity index (χ3v) is 6.90. The summed E-state index contributed by atoms with van der Waals surface area (Å²) in [5.41, 5.74) is 2.37. The van der Waals surface area contributed by atoms with E-state index in [4.69, 9.17) is 0 Å². The zero-order chi connectivity index (χ0) is 21.0. The van der Waals surface area contributed by atoms with Gasteiger partial charge in [-0.1, -0.05) is 48.5 Å². The molecule has 0 bridgehead atoms. The minimum absolute atomic E-state index is 0.0591. The van der Waals surface area contributed by atoms with Gasteiger partial charge in [0.05, 0.1) is 16.3 Å². The van der Waals surface area contributed by atoms with Crippen LogP contribution >= 0.6 is 11.3 Å². The van der Waals surface area contributed by atoms with E-state index in [0.29, 0.717) is 5.69 Å². The van der Waals surface area contributed by atoms with Crippen LogP contribution in [-0.4, -0.2) is 24.7 Å². The monoisotopic (exact) mass is 437 g/mol. The van der Waals surface area contributed by atoms with Gasteiger partial charge in [-0.15, -0.1) is 11.3 Å². The van der Waals surface area contributed by atoms with Gasteiger partial charge in [0.1, 0.15) is 5.69 Å². The molecule has 152 valence electrons. The van der Waals surface area contributed by atoms with Gasteiger partial charge in [-0.2, -0.15) is 5.10 Å². The first-order valence-corrected chi connectivity index (χ1v) is 11.7. The third-order valence-electron chi connectivity index (χ3n) is 4.53. The molecule has 2 heterocycles. The van der Waals surface area contributed by atoms with Gasteiger partial charge in [-0.3, -0.25) is 4.79 Å². The molecule has 6 nitrogen and oxygen atoms in total. The van der Waals surface area contributed by atoms with Crippen LogP contribution in [0.1, 0.15) is 0 Å². The third kappa shape index (κ3) is 4.56. The number of thiophene rings is 1. The van der Waals surface area contributed by atoms with E-state index in [2.05, 4.69) is 9.82 Å². The fourth-order valence-corrected chi connectivity index (χ4v) is 4.70. The molecular weight excluding hydrogens is 418 g/mol. The molecule has 8 heteroatoms. The topological polar surface area (TPSA) is 81.1 Å². The van der Waals surface area contributed by atoms with Gasteiger partial charge in [0.25, 0.3) is 5.56 Å². The van der Waals surface area contributed by atoms with Crippen LogP contribution in [0.15, 0.2) is 93.9 Å². The molecule has 30 heavy (non-hydrogen) atoms. The molecule has 0 aliphatic carbocycles. The lowest BCUT2D eigenvalue weighted by Crippen LogP contribution is -2.32. The minimum Gasteiger partial charge on any atom is -0.268 e. The second kappa shape index (κ2) is 8.74. The summed E-state index contributed by atoms with van der Waals surface area (Å²) in [6.07, 6.45) is 0. The van der Waals surface area contributed by atoms with E-state index >= 15 is 0 Å². The smallest absolute Gasteiger partial charge is 0.266 e. The SMILES string of the molecule is O=c1ccc(-c2cccs2)nn1CCNS(=O)(=O)c1ccc(-c2ccccc2)cc1. The molecule has 2 aromatic heterocycles. The molecule has 0 aliphatic rings. The van der Waals surface area contributed by atoms with Gasteiger partial charge in [-0.05, 0) is 40.8 Å². The van der Waals surface area contributed by atoms with Crippen molar-refractivity contribution in [1.29, 1.82) is 0 Å². The van der Waals surface area contributed by atoms with Crippen LogP contribution in [0.5, 0.6) is 0 Å². The van der Waals surface area contributed by atoms with Crippen molar-refractivity contribution in [3.63, 3.8) is 0 Å². The molecule has 0 fully saturated rings. The van der Waals surface area contributed by atoms with Crippen LogP contribution in [0.4, 0.5) is 0 Å². The molecule has 4 aromatic rings. The summed E-state index contributed by atoms with van der Waals surface area (Å²) < 4.78 is 29.0. The number of hydrogen-bond acceptors (Lipinski definition) is 5. The van der Waals surface area contributed by atoms with Crippen LogP contribution in [-0.2, 0) is 16.6 Å². The van der Waals surface area contributed by atoms with E-state index in [-0.39, 0.29) is 23.5 Å². The molecule has 0 atom stereocenters. The zero-order valence-electron chi connectivity index (χ0n) is 15.9.